The Kier molecular flexibility index (Phi) is 3.86. The average molecular weight is 336 g/mol. The van der Waals surface area contributed by atoms with Crippen molar-refractivity contribution in [3.63, 3.8) is 0 Å². The number of aryl methyl sites for hydroxylation is 1. The highest BCUT2D eigenvalue weighted by molar-refractivity contribution is 9.10. The van der Waals surface area contributed by atoms with Crippen molar-refractivity contribution in [2.24, 2.45) is 0 Å². The van der Waals surface area contributed by atoms with Crippen LogP contribution in [0.15, 0.2) is 16.6 Å². The third kappa shape index (κ3) is 2.42. The number of ketones is 1. The van der Waals surface area contributed by atoms with Crippen LogP contribution in [-0.4, -0.2) is 30.7 Å². The number of hydrogen-bond donors (Lipinski definition) is 1. The average Bonchev–Trinajstić information content (AvgIpc) is 2.62. The minimum Gasteiger partial charge on any atom is -0.341 e. The van der Waals surface area contributed by atoms with Crippen molar-refractivity contribution < 1.29 is 14.4 Å². The fraction of sp³-hybridized carbons (Fsp3) is 0.231. The molecule has 0 radical (unpaired) electrons. The van der Waals surface area contributed by atoms with Gasteiger partial charge in [-0.1, -0.05) is 15.9 Å². The summed E-state index contributed by atoms with van der Waals surface area (Å²) in [4.78, 5) is 36.6. The molecule has 0 aliphatic carbocycles. The van der Waals surface area contributed by atoms with Gasteiger partial charge in [-0.25, -0.2) is 0 Å². The number of halogens is 1. The quantitative estimate of drug-likeness (QED) is 0.657. The van der Waals surface area contributed by atoms with Crippen LogP contribution in [0.1, 0.15) is 15.9 Å². The molecule has 1 aromatic carbocycles. The Morgan fingerprint density at radius 1 is 1.45 bits per heavy atom. The standard InChI is InChI=1S/C13H10BrN3O3/c1-7-4-8(14)5-9-11(7)17(13(20)12(9)19)6-10(18)16-3-2-15/h4-5H,3,6H2,1H3,(H,16,18). The Balaban J connectivity index is 2.34. The summed E-state index contributed by atoms with van der Waals surface area (Å²) in [5, 5.41) is 10.7. The molecule has 102 valence electrons. The maximum atomic E-state index is 12.0. The Morgan fingerprint density at radius 2 is 2.15 bits per heavy atom. The molecule has 1 aliphatic rings. The van der Waals surface area contributed by atoms with Crippen molar-refractivity contribution in [3.8, 4) is 6.07 Å². The molecular formula is C13H10BrN3O3. The van der Waals surface area contributed by atoms with Gasteiger partial charge < -0.3 is 5.32 Å². The van der Waals surface area contributed by atoms with Crippen molar-refractivity contribution in [2.75, 3.05) is 18.0 Å². The highest BCUT2D eigenvalue weighted by Crippen LogP contribution is 2.34. The lowest BCUT2D eigenvalue weighted by Crippen LogP contribution is -2.40. The summed E-state index contributed by atoms with van der Waals surface area (Å²) in [7, 11) is 0. The molecule has 0 fully saturated rings. The Bertz CT molecular complexity index is 664. The molecule has 0 unspecified atom stereocenters. The van der Waals surface area contributed by atoms with Crippen LogP contribution in [0, 0.1) is 18.3 Å². The third-order valence-electron chi connectivity index (χ3n) is 2.89. The topological polar surface area (TPSA) is 90.3 Å². The van der Waals surface area contributed by atoms with Gasteiger partial charge in [0.2, 0.25) is 5.91 Å². The molecule has 1 heterocycles. The van der Waals surface area contributed by atoms with Gasteiger partial charge in [-0.2, -0.15) is 5.26 Å². The largest absolute Gasteiger partial charge is 0.341 e. The van der Waals surface area contributed by atoms with Crippen LogP contribution >= 0.6 is 15.9 Å². The van der Waals surface area contributed by atoms with Crippen molar-refractivity contribution in [2.45, 2.75) is 6.92 Å². The molecule has 6 nitrogen and oxygen atoms in total. The molecule has 1 aromatic rings. The van der Waals surface area contributed by atoms with Gasteiger partial charge in [-0.05, 0) is 24.6 Å². The summed E-state index contributed by atoms with van der Waals surface area (Å²) >= 11 is 3.27. The number of nitrogens with zero attached hydrogens (tertiary/aromatic N) is 2. The van der Waals surface area contributed by atoms with Gasteiger partial charge >= 0.3 is 0 Å². The fourth-order valence-corrected chi connectivity index (χ4v) is 2.67. The maximum absolute atomic E-state index is 12.0. The van der Waals surface area contributed by atoms with E-state index in [4.69, 9.17) is 5.26 Å². The molecule has 7 heteroatoms. The third-order valence-corrected chi connectivity index (χ3v) is 3.34. The second-order valence-corrected chi connectivity index (χ2v) is 5.19. The van der Waals surface area contributed by atoms with E-state index >= 15 is 0 Å². The maximum Gasteiger partial charge on any atom is 0.299 e. The number of Topliss-reactive ketones (excluding diaryl/α,β-unsaturated/α-hetero) is 1. The summed E-state index contributed by atoms with van der Waals surface area (Å²) in [6, 6.07) is 5.11. The minimum atomic E-state index is -0.728. The Labute approximate surface area is 123 Å². The van der Waals surface area contributed by atoms with Gasteiger partial charge in [0, 0.05) is 4.47 Å². The smallest absolute Gasteiger partial charge is 0.299 e. The predicted octanol–water partition coefficient (Wildman–Crippen LogP) is 0.927. The van der Waals surface area contributed by atoms with Crippen molar-refractivity contribution in [1.82, 2.24) is 5.32 Å². The van der Waals surface area contributed by atoms with Crippen molar-refractivity contribution in [1.29, 1.82) is 5.26 Å². The Morgan fingerprint density at radius 3 is 2.80 bits per heavy atom. The first-order chi connectivity index (χ1) is 9.45. The van der Waals surface area contributed by atoms with Crippen LogP contribution in [0.3, 0.4) is 0 Å². The van der Waals surface area contributed by atoms with E-state index in [9.17, 15) is 14.4 Å². The number of nitriles is 1. The molecule has 1 aliphatic heterocycles. The normalized spacial score (nSPS) is 13.2. The SMILES string of the molecule is Cc1cc(Br)cc2c1N(CC(=O)NCC#N)C(=O)C2=O. The molecule has 2 amide bonds. The van der Waals surface area contributed by atoms with E-state index in [1.54, 1.807) is 25.1 Å². The van der Waals surface area contributed by atoms with E-state index < -0.39 is 17.6 Å². The van der Waals surface area contributed by atoms with E-state index in [-0.39, 0.29) is 18.7 Å². The lowest BCUT2D eigenvalue weighted by molar-refractivity contribution is -0.121. The second kappa shape index (κ2) is 5.43. The number of hydrogen-bond acceptors (Lipinski definition) is 4. The summed E-state index contributed by atoms with van der Waals surface area (Å²) in [6.07, 6.45) is 0. The number of nitrogens with one attached hydrogen (secondary N) is 1. The lowest BCUT2D eigenvalue weighted by Gasteiger charge is -2.17. The van der Waals surface area contributed by atoms with E-state index in [1.807, 2.05) is 0 Å². The first-order valence-electron chi connectivity index (χ1n) is 5.75. The molecule has 0 spiro atoms. The first-order valence-corrected chi connectivity index (χ1v) is 6.55. The van der Waals surface area contributed by atoms with Crippen LogP contribution in [0.2, 0.25) is 0 Å². The zero-order valence-corrected chi connectivity index (χ0v) is 12.2. The van der Waals surface area contributed by atoms with Gasteiger partial charge in [0.25, 0.3) is 11.7 Å². The van der Waals surface area contributed by atoms with Crippen LogP contribution in [-0.2, 0) is 9.59 Å². The molecule has 0 bridgehead atoms. The number of benzene rings is 1. The second-order valence-electron chi connectivity index (χ2n) is 4.27. The lowest BCUT2D eigenvalue weighted by atomic mass is 10.1. The predicted molar refractivity (Wildman–Crippen MR) is 74.2 cm³/mol. The molecule has 0 aromatic heterocycles. The Hall–Kier alpha value is -2.20. The highest BCUT2D eigenvalue weighted by atomic mass is 79.9. The molecular weight excluding hydrogens is 326 g/mol. The number of fused-ring (bicyclic) bond motifs is 1. The van der Waals surface area contributed by atoms with E-state index in [1.165, 1.54) is 0 Å². The zero-order valence-electron chi connectivity index (χ0n) is 10.6. The molecule has 2 rings (SSSR count). The molecule has 0 atom stereocenters. The summed E-state index contributed by atoms with van der Waals surface area (Å²) in [6.45, 7) is 1.35. The van der Waals surface area contributed by atoms with Crippen LogP contribution in [0.5, 0.6) is 0 Å². The van der Waals surface area contributed by atoms with Gasteiger partial charge in [0.1, 0.15) is 13.1 Å². The van der Waals surface area contributed by atoms with Gasteiger partial charge in [0.05, 0.1) is 17.3 Å². The summed E-state index contributed by atoms with van der Waals surface area (Å²) in [5.74, 6) is -1.84. The summed E-state index contributed by atoms with van der Waals surface area (Å²) < 4.78 is 0.700. The number of amides is 2. The monoisotopic (exact) mass is 335 g/mol. The highest BCUT2D eigenvalue weighted by Gasteiger charge is 2.38. The minimum absolute atomic E-state index is 0.138. The number of anilines is 1. The molecule has 0 saturated heterocycles. The number of carbonyl (C=O) groups excluding carboxylic acids is 3. The van der Waals surface area contributed by atoms with Crippen LogP contribution < -0.4 is 10.2 Å². The van der Waals surface area contributed by atoms with E-state index in [0.29, 0.717) is 10.2 Å². The van der Waals surface area contributed by atoms with Crippen molar-refractivity contribution >= 4 is 39.2 Å². The van der Waals surface area contributed by atoms with Crippen molar-refractivity contribution in [3.05, 3.63) is 27.7 Å². The number of carbonyl (C=O) groups is 3. The summed E-state index contributed by atoms with van der Waals surface area (Å²) in [5.41, 5.74) is 1.46. The van der Waals surface area contributed by atoms with Crippen LogP contribution in [0.4, 0.5) is 5.69 Å². The number of rotatable bonds is 3. The van der Waals surface area contributed by atoms with E-state index in [0.717, 1.165) is 10.5 Å². The molecule has 0 saturated carbocycles. The molecule has 20 heavy (non-hydrogen) atoms. The first kappa shape index (κ1) is 14.2. The van der Waals surface area contributed by atoms with Gasteiger partial charge in [-0.15, -0.1) is 0 Å². The van der Waals surface area contributed by atoms with E-state index in [2.05, 4.69) is 21.2 Å². The van der Waals surface area contributed by atoms with Gasteiger partial charge in [0.15, 0.2) is 0 Å². The zero-order chi connectivity index (χ0) is 14.9. The fourth-order valence-electron chi connectivity index (χ4n) is 2.09. The van der Waals surface area contributed by atoms with Crippen LogP contribution in [0.25, 0.3) is 0 Å². The van der Waals surface area contributed by atoms with Gasteiger partial charge in [-0.3, -0.25) is 19.3 Å². The molecule has 1 N–H and O–H groups in total.